The van der Waals surface area contributed by atoms with Crippen LogP contribution in [0, 0.1) is 5.92 Å². The van der Waals surface area contributed by atoms with Gasteiger partial charge in [0.15, 0.2) is 0 Å². The molecule has 0 bridgehead atoms. The highest BCUT2D eigenvalue weighted by atomic mass is 35.5. The van der Waals surface area contributed by atoms with Gasteiger partial charge in [0.2, 0.25) is 5.91 Å². The second-order valence-electron chi connectivity index (χ2n) is 6.86. The van der Waals surface area contributed by atoms with Crippen LogP contribution in [0.4, 0.5) is 0 Å². The highest BCUT2D eigenvalue weighted by molar-refractivity contribution is 6.42. The normalized spacial score (nSPS) is 21.1. The number of rotatable bonds is 4. The zero-order chi connectivity index (χ0) is 16.4. The molecule has 1 amide bonds. The van der Waals surface area contributed by atoms with E-state index in [-0.39, 0.29) is 11.3 Å². The summed E-state index contributed by atoms with van der Waals surface area (Å²) in [4.78, 5) is 15.3. The Bertz CT molecular complexity index is 578. The Labute approximate surface area is 148 Å². The molecule has 3 rings (SSSR count). The van der Waals surface area contributed by atoms with E-state index < -0.39 is 0 Å². The van der Waals surface area contributed by atoms with Crippen molar-refractivity contribution < 1.29 is 4.79 Å². The summed E-state index contributed by atoms with van der Waals surface area (Å²) in [6, 6.07) is 5.67. The van der Waals surface area contributed by atoms with E-state index in [1.807, 2.05) is 25.2 Å². The smallest absolute Gasteiger partial charge is 0.233 e. The number of hydrogen-bond acceptors (Lipinski definition) is 2. The topological polar surface area (TPSA) is 32.3 Å². The van der Waals surface area contributed by atoms with Crippen molar-refractivity contribution in [2.75, 3.05) is 26.7 Å². The quantitative estimate of drug-likeness (QED) is 0.889. The Morgan fingerprint density at radius 2 is 1.96 bits per heavy atom. The van der Waals surface area contributed by atoms with Gasteiger partial charge in [-0.05, 0) is 62.9 Å². The molecule has 2 fully saturated rings. The number of likely N-dealkylation sites (tertiary alicyclic amines) is 1. The van der Waals surface area contributed by atoms with Crippen LogP contribution < -0.4 is 5.32 Å². The van der Waals surface area contributed by atoms with Gasteiger partial charge in [-0.1, -0.05) is 35.7 Å². The third kappa shape index (κ3) is 3.24. The first-order valence-electron chi connectivity index (χ1n) is 8.46. The molecule has 1 N–H and O–H groups in total. The first-order valence-corrected chi connectivity index (χ1v) is 9.22. The van der Waals surface area contributed by atoms with Crippen LogP contribution in [0.25, 0.3) is 0 Å². The minimum absolute atomic E-state index is 0.282. The van der Waals surface area contributed by atoms with E-state index in [0.29, 0.717) is 16.0 Å². The lowest BCUT2D eigenvalue weighted by molar-refractivity contribution is -0.142. The highest BCUT2D eigenvalue weighted by Crippen LogP contribution is 2.46. The van der Waals surface area contributed by atoms with Crippen LogP contribution in [0.15, 0.2) is 18.2 Å². The molecule has 3 nitrogen and oxygen atoms in total. The zero-order valence-electron chi connectivity index (χ0n) is 13.6. The second kappa shape index (κ2) is 7.00. The summed E-state index contributed by atoms with van der Waals surface area (Å²) >= 11 is 12.2. The van der Waals surface area contributed by atoms with Crippen molar-refractivity contribution in [1.29, 1.82) is 0 Å². The number of nitrogens with one attached hydrogen (secondary N) is 1. The highest BCUT2D eigenvalue weighted by Gasteiger charge is 2.48. The summed E-state index contributed by atoms with van der Waals surface area (Å²) in [6.45, 7) is 2.78. The van der Waals surface area contributed by atoms with E-state index >= 15 is 0 Å². The number of carbonyl (C=O) groups excluding carboxylic acids is 1. The van der Waals surface area contributed by atoms with E-state index in [4.69, 9.17) is 23.2 Å². The monoisotopic (exact) mass is 354 g/mol. The summed E-state index contributed by atoms with van der Waals surface area (Å²) in [5, 5.41) is 4.33. The Morgan fingerprint density at radius 3 is 2.48 bits per heavy atom. The van der Waals surface area contributed by atoms with Gasteiger partial charge in [-0.15, -0.1) is 0 Å². The second-order valence-corrected chi connectivity index (χ2v) is 7.67. The molecule has 0 unspecified atom stereocenters. The molecular weight excluding hydrogens is 331 g/mol. The third-order valence-electron chi connectivity index (χ3n) is 5.48. The molecule has 23 heavy (non-hydrogen) atoms. The SMILES string of the molecule is CNCC1CCN(C(=O)C2(c3ccc(Cl)c(Cl)c3)CCC2)CC1. The lowest BCUT2D eigenvalue weighted by atomic mass is 9.63. The molecule has 1 heterocycles. The molecule has 0 radical (unpaired) electrons. The van der Waals surface area contributed by atoms with Gasteiger partial charge in [0.05, 0.1) is 15.5 Å². The van der Waals surface area contributed by atoms with E-state index in [1.165, 1.54) is 0 Å². The van der Waals surface area contributed by atoms with Crippen LogP contribution in [0.1, 0.15) is 37.7 Å². The molecule has 2 aliphatic rings. The van der Waals surface area contributed by atoms with E-state index in [2.05, 4.69) is 10.2 Å². The van der Waals surface area contributed by atoms with Gasteiger partial charge in [-0.2, -0.15) is 0 Å². The average molecular weight is 355 g/mol. The van der Waals surface area contributed by atoms with Crippen LogP contribution >= 0.6 is 23.2 Å². The minimum atomic E-state index is -0.371. The predicted molar refractivity (Wildman–Crippen MR) is 95.2 cm³/mol. The summed E-state index contributed by atoms with van der Waals surface area (Å²) in [7, 11) is 1.99. The largest absolute Gasteiger partial charge is 0.342 e. The molecule has 1 aromatic carbocycles. The molecule has 1 saturated carbocycles. The number of hydrogen-bond donors (Lipinski definition) is 1. The van der Waals surface area contributed by atoms with Crippen LogP contribution in [-0.2, 0) is 10.2 Å². The van der Waals surface area contributed by atoms with E-state index in [9.17, 15) is 4.79 Å². The van der Waals surface area contributed by atoms with Gasteiger partial charge in [-0.3, -0.25) is 4.79 Å². The molecule has 126 valence electrons. The molecule has 1 aliphatic carbocycles. The summed E-state index contributed by atoms with van der Waals surface area (Å²) < 4.78 is 0. The summed E-state index contributed by atoms with van der Waals surface area (Å²) in [5.41, 5.74) is 0.657. The van der Waals surface area contributed by atoms with Crippen LogP contribution in [0.3, 0.4) is 0 Å². The fourth-order valence-electron chi connectivity index (χ4n) is 3.88. The van der Waals surface area contributed by atoms with Gasteiger partial charge in [0, 0.05) is 13.1 Å². The maximum atomic E-state index is 13.2. The molecule has 0 spiro atoms. The molecule has 1 aromatic rings. The van der Waals surface area contributed by atoms with Crippen molar-refractivity contribution in [2.45, 2.75) is 37.5 Å². The van der Waals surface area contributed by atoms with Crippen molar-refractivity contribution in [3.63, 3.8) is 0 Å². The first kappa shape index (κ1) is 17.1. The standard InChI is InChI=1S/C18H24Cl2N2O/c1-21-12-13-5-9-22(10-6-13)17(23)18(7-2-8-18)14-3-4-15(19)16(20)11-14/h3-4,11,13,21H,2,5-10,12H2,1H3. The number of amides is 1. The Kier molecular flexibility index (Phi) is 5.19. The van der Waals surface area contributed by atoms with Crippen LogP contribution in [0.2, 0.25) is 10.0 Å². The fourth-order valence-corrected chi connectivity index (χ4v) is 4.18. The molecule has 0 atom stereocenters. The summed E-state index contributed by atoms with van der Waals surface area (Å²) in [6.07, 6.45) is 5.11. The average Bonchev–Trinajstić information content (AvgIpc) is 2.51. The maximum Gasteiger partial charge on any atom is 0.233 e. The molecule has 5 heteroatoms. The van der Waals surface area contributed by atoms with Crippen molar-refractivity contribution in [3.8, 4) is 0 Å². The lowest BCUT2D eigenvalue weighted by Crippen LogP contribution is -2.53. The van der Waals surface area contributed by atoms with Gasteiger partial charge < -0.3 is 10.2 Å². The van der Waals surface area contributed by atoms with Gasteiger partial charge in [0.1, 0.15) is 0 Å². The van der Waals surface area contributed by atoms with Gasteiger partial charge >= 0.3 is 0 Å². The van der Waals surface area contributed by atoms with Crippen LogP contribution in [-0.4, -0.2) is 37.5 Å². The molecular formula is C18H24Cl2N2O. The Hall–Kier alpha value is -0.770. The first-order chi connectivity index (χ1) is 11.1. The Balaban J connectivity index is 1.75. The van der Waals surface area contributed by atoms with Crippen molar-refractivity contribution in [2.24, 2.45) is 5.92 Å². The van der Waals surface area contributed by atoms with Gasteiger partial charge in [-0.25, -0.2) is 0 Å². The lowest BCUT2D eigenvalue weighted by Gasteiger charge is -2.45. The number of benzene rings is 1. The molecule has 0 aromatic heterocycles. The zero-order valence-corrected chi connectivity index (χ0v) is 15.1. The van der Waals surface area contributed by atoms with E-state index in [1.54, 1.807) is 0 Å². The minimum Gasteiger partial charge on any atom is -0.342 e. The van der Waals surface area contributed by atoms with Crippen molar-refractivity contribution in [1.82, 2.24) is 10.2 Å². The fraction of sp³-hybridized carbons (Fsp3) is 0.611. The number of piperidine rings is 1. The third-order valence-corrected chi connectivity index (χ3v) is 6.22. The number of carbonyl (C=O) groups is 1. The van der Waals surface area contributed by atoms with Crippen molar-refractivity contribution in [3.05, 3.63) is 33.8 Å². The predicted octanol–water partition coefficient (Wildman–Crippen LogP) is 3.87. The maximum absolute atomic E-state index is 13.2. The summed E-state index contributed by atoms with van der Waals surface area (Å²) in [5.74, 6) is 0.969. The molecule has 1 saturated heterocycles. The van der Waals surface area contributed by atoms with E-state index in [0.717, 1.165) is 57.3 Å². The van der Waals surface area contributed by atoms with Crippen molar-refractivity contribution >= 4 is 29.1 Å². The van der Waals surface area contributed by atoms with Crippen LogP contribution in [0.5, 0.6) is 0 Å². The Morgan fingerprint density at radius 1 is 1.26 bits per heavy atom. The number of nitrogens with zero attached hydrogens (tertiary/aromatic N) is 1. The number of halogens is 2. The van der Waals surface area contributed by atoms with Gasteiger partial charge in [0.25, 0.3) is 0 Å². The molecule has 1 aliphatic heterocycles.